The largest absolute Gasteiger partial charge is 0.495 e. The SMILES string of the molecule is COc1ccccc1N1C(=O)[C@H]2[C@H](C(C)C)N[C@@]3(c4ccccc4-n4c3nc3ccccc3c4=O)[C@H]2C1=O. The lowest BCUT2D eigenvalue weighted by Crippen LogP contribution is -2.51. The molecule has 2 amide bonds. The highest BCUT2D eigenvalue weighted by Gasteiger charge is 2.70. The van der Waals surface area contributed by atoms with Crippen molar-refractivity contribution in [3.05, 3.63) is 94.5 Å². The molecular weight excluding hydrogens is 480 g/mol. The molecule has 3 aliphatic heterocycles. The molecule has 3 aromatic carbocycles. The average Bonchev–Trinajstić information content (AvgIpc) is 3.52. The summed E-state index contributed by atoms with van der Waals surface area (Å²) in [6, 6.07) is 21.6. The van der Waals surface area contributed by atoms with E-state index in [-0.39, 0.29) is 29.3 Å². The number of hydrogen-bond donors (Lipinski definition) is 1. The van der Waals surface area contributed by atoms with Gasteiger partial charge in [-0.15, -0.1) is 0 Å². The minimum atomic E-state index is -1.15. The minimum absolute atomic E-state index is 0.0321. The number of methoxy groups -OCH3 is 1. The minimum Gasteiger partial charge on any atom is -0.495 e. The fourth-order valence-corrected chi connectivity index (χ4v) is 6.78. The zero-order valence-electron chi connectivity index (χ0n) is 21.2. The second-order valence-corrected chi connectivity index (χ2v) is 10.5. The number of para-hydroxylation sites is 4. The number of rotatable bonds is 3. The molecule has 0 aliphatic carbocycles. The Balaban J connectivity index is 1.54. The van der Waals surface area contributed by atoms with E-state index in [0.717, 1.165) is 5.56 Å². The molecule has 190 valence electrons. The van der Waals surface area contributed by atoms with Gasteiger partial charge in [0.25, 0.3) is 5.56 Å². The van der Waals surface area contributed by atoms with Gasteiger partial charge in [-0.3, -0.25) is 24.3 Å². The summed E-state index contributed by atoms with van der Waals surface area (Å²) in [7, 11) is 1.52. The van der Waals surface area contributed by atoms with Gasteiger partial charge >= 0.3 is 0 Å². The molecule has 0 radical (unpaired) electrons. The topological polar surface area (TPSA) is 93.5 Å². The number of fused-ring (bicyclic) bond motifs is 8. The van der Waals surface area contributed by atoms with Crippen LogP contribution < -0.4 is 20.5 Å². The summed E-state index contributed by atoms with van der Waals surface area (Å²) in [5, 5.41) is 4.21. The van der Waals surface area contributed by atoms with Crippen LogP contribution in [0.1, 0.15) is 25.2 Å². The quantitative estimate of drug-likeness (QED) is 0.428. The average molecular weight is 507 g/mol. The number of anilines is 1. The number of aromatic nitrogens is 2. The van der Waals surface area contributed by atoms with Gasteiger partial charge in [0.1, 0.15) is 17.1 Å². The maximum atomic E-state index is 14.5. The van der Waals surface area contributed by atoms with Gasteiger partial charge in [0, 0.05) is 11.6 Å². The van der Waals surface area contributed by atoms with Crippen LogP contribution in [0.15, 0.2) is 77.6 Å². The van der Waals surface area contributed by atoms with Gasteiger partial charge in [-0.05, 0) is 36.2 Å². The van der Waals surface area contributed by atoms with E-state index in [1.165, 1.54) is 12.0 Å². The molecule has 3 aliphatic rings. The van der Waals surface area contributed by atoms with Crippen molar-refractivity contribution >= 4 is 28.4 Å². The third-order valence-corrected chi connectivity index (χ3v) is 8.34. The highest BCUT2D eigenvalue weighted by atomic mass is 16.5. The smallest absolute Gasteiger partial charge is 0.266 e. The lowest BCUT2D eigenvalue weighted by atomic mass is 9.75. The molecule has 0 unspecified atom stereocenters. The number of amides is 2. The fourth-order valence-electron chi connectivity index (χ4n) is 6.78. The Morgan fingerprint density at radius 3 is 2.34 bits per heavy atom. The molecule has 8 nitrogen and oxygen atoms in total. The first-order chi connectivity index (χ1) is 18.4. The van der Waals surface area contributed by atoms with Gasteiger partial charge in [-0.2, -0.15) is 0 Å². The van der Waals surface area contributed by atoms with E-state index >= 15 is 0 Å². The van der Waals surface area contributed by atoms with Crippen molar-refractivity contribution in [3.63, 3.8) is 0 Å². The maximum Gasteiger partial charge on any atom is 0.266 e. The van der Waals surface area contributed by atoms with Crippen LogP contribution in [-0.2, 0) is 15.1 Å². The monoisotopic (exact) mass is 506 g/mol. The number of carbonyl (C=O) groups is 2. The number of carbonyl (C=O) groups excluding carboxylic acids is 2. The molecule has 4 atom stereocenters. The lowest BCUT2D eigenvalue weighted by Gasteiger charge is -2.32. The Hall–Kier alpha value is -4.30. The summed E-state index contributed by atoms with van der Waals surface area (Å²) in [5.41, 5.74) is 1.09. The van der Waals surface area contributed by atoms with Crippen LogP contribution in [0.5, 0.6) is 5.75 Å². The highest BCUT2D eigenvalue weighted by Crippen LogP contribution is 2.56. The number of imide groups is 1. The molecular formula is C30H26N4O4. The van der Waals surface area contributed by atoms with Gasteiger partial charge in [-0.1, -0.05) is 56.3 Å². The van der Waals surface area contributed by atoms with Crippen LogP contribution in [0.2, 0.25) is 0 Å². The first-order valence-corrected chi connectivity index (χ1v) is 12.8. The van der Waals surface area contributed by atoms with Crippen LogP contribution in [-0.4, -0.2) is 34.5 Å². The Morgan fingerprint density at radius 1 is 0.895 bits per heavy atom. The zero-order chi connectivity index (χ0) is 26.3. The van der Waals surface area contributed by atoms with Gasteiger partial charge in [0.05, 0.1) is 41.2 Å². The highest BCUT2D eigenvalue weighted by molar-refractivity contribution is 6.24. The molecule has 2 saturated heterocycles. The van der Waals surface area contributed by atoms with Crippen LogP contribution in [0.25, 0.3) is 16.6 Å². The number of nitrogens with zero attached hydrogens (tertiary/aromatic N) is 3. The van der Waals surface area contributed by atoms with E-state index in [2.05, 4.69) is 5.32 Å². The van der Waals surface area contributed by atoms with Crippen molar-refractivity contribution in [2.45, 2.75) is 25.4 Å². The van der Waals surface area contributed by atoms with Crippen LogP contribution in [0.4, 0.5) is 5.69 Å². The van der Waals surface area contributed by atoms with Crippen molar-refractivity contribution in [2.24, 2.45) is 17.8 Å². The Labute approximate surface area is 218 Å². The lowest BCUT2D eigenvalue weighted by molar-refractivity contribution is -0.123. The molecule has 0 bridgehead atoms. The summed E-state index contributed by atoms with van der Waals surface area (Å²) in [6.45, 7) is 4.08. The van der Waals surface area contributed by atoms with E-state index < -0.39 is 17.4 Å². The summed E-state index contributed by atoms with van der Waals surface area (Å²) in [5.74, 6) is -1.11. The van der Waals surface area contributed by atoms with Crippen molar-refractivity contribution < 1.29 is 14.3 Å². The summed E-state index contributed by atoms with van der Waals surface area (Å²) in [4.78, 5) is 48.7. The third-order valence-electron chi connectivity index (χ3n) is 8.34. The number of nitrogens with one attached hydrogen (secondary N) is 1. The predicted octanol–water partition coefficient (Wildman–Crippen LogP) is 3.38. The van der Waals surface area contributed by atoms with Gasteiger partial charge in [-0.25, -0.2) is 9.88 Å². The molecule has 4 heterocycles. The first kappa shape index (κ1) is 22.9. The Bertz CT molecular complexity index is 1730. The number of hydrogen-bond acceptors (Lipinski definition) is 6. The third kappa shape index (κ3) is 2.67. The molecule has 4 aromatic rings. The molecule has 8 heteroatoms. The molecule has 38 heavy (non-hydrogen) atoms. The van der Waals surface area contributed by atoms with E-state index in [0.29, 0.717) is 33.9 Å². The van der Waals surface area contributed by atoms with E-state index in [4.69, 9.17) is 9.72 Å². The molecule has 1 aromatic heterocycles. The molecule has 7 rings (SSSR count). The molecule has 0 saturated carbocycles. The molecule has 2 fully saturated rings. The van der Waals surface area contributed by atoms with E-state index in [1.807, 2.05) is 56.3 Å². The summed E-state index contributed by atoms with van der Waals surface area (Å²) in [6.07, 6.45) is 0. The van der Waals surface area contributed by atoms with Gasteiger partial charge in [0.2, 0.25) is 11.8 Å². The normalized spacial score (nSPS) is 25.4. The Kier molecular flexibility index (Phi) is 4.72. The second kappa shape index (κ2) is 7.85. The van der Waals surface area contributed by atoms with Gasteiger partial charge < -0.3 is 4.74 Å². The van der Waals surface area contributed by atoms with Crippen molar-refractivity contribution in [2.75, 3.05) is 12.0 Å². The van der Waals surface area contributed by atoms with Crippen LogP contribution in [0.3, 0.4) is 0 Å². The van der Waals surface area contributed by atoms with Gasteiger partial charge in [0.15, 0.2) is 0 Å². The fraction of sp³-hybridized carbons (Fsp3) is 0.267. The van der Waals surface area contributed by atoms with Crippen LogP contribution >= 0.6 is 0 Å². The number of benzene rings is 3. The predicted molar refractivity (Wildman–Crippen MR) is 142 cm³/mol. The molecule has 1 spiro atoms. The van der Waals surface area contributed by atoms with Crippen molar-refractivity contribution in [3.8, 4) is 11.4 Å². The first-order valence-electron chi connectivity index (χ1n) is 12.8. The molecule has 1 N–H and O–H groups in total. The van der Waals surface area contributed by atoms with E-state index in [9.17, 15) is 14.4 Å². The summed E-state index contributed by atoms with van der Waals surface area (Å²) < 4.78 is 7.14. The Morgan fingerprint density at radius 2 is 1.58 bits per heavy atom. The second-order valence-electron chi connectivity index (χ2n) is 10.5. The van der Waals surface area contributed by atoms with Crippen molar-refractivity contribution in [1.29, 1.82) is 0 Å². The zero-order valence-corrected chi connectivity index (χ0v) is 21.2. The maximum absolute atomic E-state index is 14.5. The number of ether oxygens (including phenoxy) is 1. The standard InChI is InChI=1S/C30H26N4O4/c1-16(2)25-23-24(28(37)33(27(23)36)21-14-8-9-15-22(21)38-3)30(32-25)18-11-5-7-13-20(18)34-26(35)17-10-4-6-12-19(17)31-29(30)34/h4-16,23-25,32H,1-3H3/t23-,24-,25+,30+/m1/s1. The van der Waals surface area contributed by atoms with E-state index in [1.54, 1.807) is 34.9 Å². The van der Waals surface area contributed by atoms with Crippen LogP contribution in [0, 0.1) is 17.8 Å². The van der Waals surface area contributed by atoms with Crippen molar-refractivity contribution in [1.82, 2.24) is 14.9 Å². The summed E-state index contributed by atoms with van der Waals surface area (Å²) >= 11 is 0.